The van der Waals surface area contributed by atoms with Crippen LogP contribution in [0.4, 0.5) is 0 Å². The normalized spacial score (nSPS) is 37.6. The first-order chi connectivity index (χ1) is 11.9. The second kappa shape index (κ2) is 6.44. The first kappa shape index (κ1) is 17.9. The molecule has 2 saturated heterocycles. The predicted molar refractivity (Wildman–Crippen MR) is 87.2 cm³/mol. The van der Waals surface area contributed by atoms with Crippen molar-refractivity contribution in [3.8, 4) is 0 Å². The van der Waals surface area contributed by atoms with Gasteiger partial charge in [-0.25, -0.2) is 4.79 Å². The largest absolute Gasteiger partial charge is 0.466 e. The van der Waals surface area contributed by atoms with Gasteiger partial charge in [0, 0.05) is 12.3 Å². The molecule has 0 aromatic carbocycles. The summed E-state index contributed by atoms with van der Waals surface area (Å²) >= 11 is 0. The van der Waals surface area contributed by atoms with Crippen molar-refractivity contribution in [3.05, 3.63) is 12.2 Å². The topological polar surface area (TPSA) is 102 Å². The Morgan fingerprint density at radius 3 is 2.88 bits per heavy atom. The molecule has 0 unspecified atom stereocenters. The standard InChI is InChI=1S/C18H25NO6/c1-3-13(20)24-10-9-12-15(22)19-18(16(23)25-17(12,18)2)14(21)11-7-5-4-6-8-11/h5,7,11-12,14,21H,3-4,6,8-10H2,1-2H3,(H,19,22)/t11-,12+,14+,17+,18+/m1/s1. The minimum atomic E-state index is -1.42. The fraction of sp³-hybridized carbons (Fsp3) is 0.722. The van der Waals surface area contributed by atoms with Gasteiger partial charge in [-0.05, 0) is 32.6 Å². The van der Waals surface area contributed by atoms with E-state index in [1.807, 2.05) is 12.2 Å². The summed E-state index contributed by atoms with van der Waals surface area (Å²) < 4.78 is 10.4. The van der Waals surface area contributed by atoms with Crippen LogP contribution >= 0.6 is 0 Å². The van der Waals surface area contributed by atoms with Gasteiger partial charge in [0.1, 0.15) is 0 Å². The molecule has 2 N–H and O–H groups in total. The third-order valence-corrected chi connectivity index (χ3v) is 5.81. The second-order valence-corrected chi connectivity index (χ2v) is 7.18. The molecule has 0 saturated carbocycles. The Labute approximate surface area is 146 Å². The summed E-state index contributed by atoms with van der Waals surface area (Å²) in [6, 6.07) is 0. The molecule has 2 aliphatic heterocycles. The zero-order chi connectivity index (χ0) is 18.2. The van der Waals surface area contributed by atoms with E-state index in [9.17, 15) is 19.5 Å². The van der Waals surface area contributed by atoms with Crippen LogP contribution < -0.4 is 5.32 Å². The summed E-state index contributed by atoms with van der Waals surface area (Å²) in [6.07, 6.45) is 6.03. The van der Waals surface area contributed by atoms with Gasteiger partial charge < -0.3 is 19.9 Å². The SMILES string of the molecule is CCC(=O)OCC[C@H]1C(=O)N[C@@]2([C@@H](O)[C@@H]3C=CCCC3)C(=O)O[C@@]12C. The van der Waals surface area contributed by atoms with Crippen molar-refractivity contribution in [2.75, 3.05) is 6.61 Å². The van der Waals surface area contributed by atoms with Gasteiger partial charge in [-0.1, -0.05) is 19.1 Å². The molecule has 7 nitrogen and oxygen atoms in total. The van der Waals surface area contributed by atoms with E-state index in [4.69, 9.17) is 9.47 Å². The lowest BCUT2D eigenvalue weighted by molar-refractivity contribution is -0.239. The quantitative estimate of drug-likeness (QED) is 0.543. The highest BCUT2D eigenvalue weighted by molar-refractivity contribution is 6.01. The Morgan fingerprint density at radius 2 is 2.28 bits per heavy atom. The molecule has 0 aromatic rings. The maximum atomic E-state index is 12.5. The van der Waals surface area contributed by atoms with Gasteiger partial charge in [0.25, 0.3) is 0 Å². The summed E-state index contributed by atoms with van der Waals surface area (Å²) in [5.41, 5.74) is -2.56. The number of nitrogens with one attached hydrogen (secondary N) is 1. The Morgan fingerprint density at radius 1 is 1.52 bits per heavy atom. The molecule has 0 bridgehead atoms. The molecular formula is C18H25NO6. The van der Waals surface area contributed by atoms with Crippen molar-refractivity contribution in [1.82, 2.24) is 5.32 Å². The number of allylic oxidation sites excluding steroid dienone is 1. The van der Waals surface area contributed by atoms with Crippen LogP contribution in [0.5, 0.6) is 0 Å². The van der Waals surface area contributed by atoms with Crippen LogP contribution in [0, 0.1) is 11.8 Å². The zero-order valence-corrected chi connectivity index (χ0v) is 14.6. The zero-order valence-electron chi connectivity index (χ0n) is 14.6. The highest BCUT2D eigenvalue weighted by atomic mass is 16.6. The lowest BCUT2D eigenvalue weighted by Gasteiger charge is -2.54. The maximum absolute atomic E-state index is 12.5. The summed E-state index contributed by atoms with van der Waals surface area (Å²) in [5.74, 6) is -2.13. The van der Waals surface area contributed by atoms with Crippen LogP contribution in [0.1, 0.15) is 46.0 Å². The molecule has 0 aromatic heterocycles. The number of esters is 2. The van der Waals surface area contributed by atoms with E-state index in [0.29, 0.717) is 0 Å². The Bertz CT molecular complexity index is 617. The third-order valence-electron chi connectivity index (χ3n) is 5.81. The van der Waals surface area contributed by atoms with Crippen molar-refractivity contribution >= 4 is 17.8 Å². The maximum Gasteiger partial charge on any atom is 0.339 e. The lowest BCUT2D eigenvalue weighted by Crippen LogP contribution is -2.80. The number of ether oxygens (including phenoxy) is 2. The Kier molecular flexibility index (Phi) is 4.62. The molecule has 1 amide bonds. The van der Waals surface area contributed by atoms with Crippen molar-refractivity contribution in [3.63, 3.8) is 0 Å². The van der Waals surface area contributed by atoms with Gasteiger partial charge in [-0.15, -0.1) is 0 Å². The van der Waals surface area contributed by atoms with Gasteiger partial charge in [0.15, 0.2) is 5.60 Å². The van der Waals surface area contributed by atoms with Gasteiger partial charge in [-0.3, -0.25) is 9.59 Å². The molecule has 5 atom stereocenters. The van der Waals surface area contributed by atoms with E-state index in [0.717, 1.165) is 19.3 Å². The minimum Gasteiger partial charge on any atom is -0.466 e. The second-order valence-electron chi connectivity index (χ2n) is 7.18. The van der Waals surface area contributed by atoms with Gasteiger partial charge in [0.2, 0.25) is 11.4 Å². The van der Waals surface area contributed by atoms with E-state index in [2.05, 4.69) is 5.32 Å². The molecule has 7 heteroatoms. The van der Waals surface area contributed by atoms with Gasteiger partial charge >= 0.3 is 11.9 Å². The number of hydrogen-bond acceptors (Lipinski definition) is 6. The number of rotatable bonds is 6. The number of aliphatic hydroxyl groups excluding tert-OH is 1. The third kappa shape index (κ3) is 2.56. The molecule has 2 heterocycles. The minimum absolute atomic E-state index is 0.0768. The van der Waals surface area contributed by atoms with Crippen molar-refractivity contribution in [2.24, 2.45) is 11.8 Å². The molecule has 138 valence electrons. The fourth-order valence-electron chi connectivity index (χ4n) is 4.27. The Balaban J connectivity index is 1.78. The van der Waals surface area contributed by atoms with E-state index >= 15 is 0 Å². The molecule has 2 fully saturated rings. The average Bonchev–Trinajstić information content (AvgIpc) is 2.79. The molecule has 0 radical (unpaired) electrons. The number of amides is 1. The molecule has 25 heavy (non-hydrogen) atoms. The highest BCUT2D eigenvalue weighted by Crippen LogP contribution is 2.53. The molecular weight excluding hydrogens is 326 g/mol. The molecule has 3 aliphatic rings. The monoisotopic (exact) mass is 351 g/mol. The summed E-state index contributed by atoms with van der Waals surface area (Å²) in [7, 11) is 0. The van der Waals surface area contributed by atoms with E-state index in [1.54, 1.807) is 13.8 Å². The van der Waals surface area contributed by atoms with Gasteiger partial charge in [-0.2, -0.15) is 0 Å². The average molecular weight is 351 g/mol. The van der Waals surface area contributed by atoms with Gasteiger partial charge in [0.05, 0.1) is 18.6 Å². The van der Waals surface area contributed by atoms with Crippen LogP contribution in [0.15, 0.2) is 12.2 Å². The van der Waals surface area contributed by atoms with Crippen molar-refractivity contribution in [2.45, 2.75) is 63.2 Å². The molecule has 0 spiro atoms. The van der Waals surface area contributed by atoms with Crippen molar-refractivity contribution in [1.29, 1.82) is 0 Å². The van der Waals surface area contributed by atoms with E-state index in [1.165, 1.54) is 0 Å². The van der Waals surface area contributed by atoms with Crippen LogP contribution in [0.3, 0.4) is 0 Å². The Hall–Kier alpha value is -1.89. The smallest absolute Gasteiger partial charge is 0.339 e. The summed E-state index contributed by atoms with van der Waals surface area (Å²) in [4.78, 5) is 36.1. The first-order valence-electron chi connectivity index (χ1n) is 8.92. The number of fused-ring (bicyclic) bond motifs is 1. The van der Waals surface area contributed by atoms with Crippen LogP contribution in [0.25, 0.3) is 0 Å². The predicted octanol–water partition coefficient (Wildman–Crippen LogP) is 0.847. The van der Waals surface area contributed by atoms with Crippen LogP contribution in [0.2, 0.25) is 0 Å². The lowest BCUT2D eigenvalue weighted by atomic mass is 9.64. The summed E-state index contributed by atoms with van der Waals surface area (Å²) in [5, 5.41) is 13.6. The fourth-order valence-corrected chi connectivity index (χ4v) is 4.27. The van der Waals surface area contributed by atoms with E-state index in [-0.39, 0.29) is 37.2 Å². The number of carbonyl (C=O) groups excluding carboxylic acids is 3. The number of carbonyl (C=O) groups is 3. The summed E-state index contributed by atoms with van der Waals surface area (Å²) in [6.45, 7) is 3.44. The molecule has 1 aliphatic carbocycles. The van der Waals surface area contributed by atoms with Crippen molar-refractivity contribution < 1.29 is 29.0 Å². The van der Waals surface area contributed by atoms with E-state index < -0.39 is 29.1 Å². The molecule has 3 rings (SSSR count). The highest BCUT2D eigenvalue weighted by Gasteiger charge is 2.79. The first-order valence-corrected chi connectivity index (χ1v) is 8.92. The van der Waals surface area contributed by atoms with Crippen LogP contribution in [-0.4, -0.2) is 46.8 Å². The number of aliphatic hydroxyl groups is 1. The van der Waals surface area contributed by atoms with Crippen LogP contribution in [-0.2, 0) is 23.9 Å². The number of hydrogen-bond donors (Lipinski definition) is 2.